The number of phenols is 1. The van der Waals surface area contributed by atoms with Gasteiger partial charge in [0, 0.05) is 23.1 Å². The Morgan fingerprint density at radius 3 is 2.48 bits per heavy atom. The third-order valence-corrected chi connectivity index (χ3v) is 3.45. The zero-order valence-electron chi connectivity index (χ0n) is 11.7. The van der Waals surface area contributed by atoms with Gasteiger partial charge in [0.15, 0.2) is 0 Å². The Hall–Kier alpha value is -2.75. The van der Waals surface area contributed by atoms with Crippen LogP contribution < -0.4 is 10.4 Å². The summed E-state index contributed by atoms with van der Waals surface area (Å²) in [5, 5.41) is 10.3. The summed E-state index contributed by atoms with van der Waals surface area (Å²) in [4.78, 5) is 11.5. The van der Waals surface area contributed by atoms with Crippen LogP contribution in [0.5, 0.6) is 11.5 Å². The van der Waals surface area contributed by atoms with Crippen molar-refractivity contribution in [3.05, 3.63) is 58.4 Å². The van der Waals surface area contributed by atoms with Gasteiger partial charge in [-0.25, -0.2) is 4.79 Å². The molecule has 0 atom stereocenters. The van der Waals surface area contributed by atoms with E-state index in [2.05, 4.69) is 0 Å². The van der Waals surface area contributed by atoms with Gasteiger partial charge in [0.25, 0.3) is 0 Å². The average molecular weight is 282 g/mol. The number of rotatable bonds is 2. The third kappa shape index (κ3) is 2.36. The van der Waals surface area contributed by atoms with Gasteiger partial charge in [-0.2, -0.15) is 0 Å². The minimum atomic E-state index is -0.376. The van der Waals surface area contributed by atoms with E-state index >= 15 is 0 Å². The van der Waals surface area contributed by atoms with Gasteiger partial charge in [-0.15, -0.1) is 0 Å². The molecule has 0 aliphatic carbocycles. The molecule has 0 spiro atoms. The zero-order valence-corrected chi connectivity index (χ0v) is 11.7. The largest absolute Gasteiger partial charge is 0.508 e. The number of phenolic OH excluding ortho intramolecular Hbond substituents is 1. The number of fused-ring (bicyclic) bond motifs is 1. The molecule has 0 saturated carbocycles. The van der Waals surface area contributed by atoms with Crippen LogP contribution >= 0.6 is 0 Å². The second-order valence-electron chi connectivity index (χ2n) is 4.84. The van der Waals surface area contributed by atoms with Crippen LogP contribution in [0.1, 0.15) is 5.56 Å². The van der Waals surface area contributed by atoms with Crippen LogP contribution in [-0.2, 0) is 0 Å². The number of aryl methyl sites for hydroxylation is 1. The molecule has 3 aromatic rings. The number of hydrogen-bond acceptors (Lipinski definition) is 4. The van der Waals surface area contributed by atoms with Crippen LogP contribution in [0.25, 0.3) is 22.1 Å². The van der Waals surface area contributed by atoms with Gasteiger partial charge >= 0.3 is 5.63 Å². The van der Waals surface area contributed by atoms with Crippen molar-refractivity contribution in [1.29, 1.82) is 0 Å². The number of benzene rings is 2. The second kappa shape index (κ2) is 4.98. The van der Waals surface area contributed by atoms with Crippen molar-refractivity contribution >= 4 is 11.0 Å². The molecule has 0 fully saturated rings. The lowest BCUT2D eigenvalue weighted by Gasteiger charge is -2.11. The summed E-state index contributed by atoms with van der Waals surface area (Å²) in [6.45, 7) is 1.87. The first-order valence-corrected chi connectivity index (χ1v) is 6.50. The summed E-state index contributed by atoms with van der Waals surface area (Å²) >= 11 is 0. The lowest BCUT2D eigenvalue weighted by atomic mass is 10.0. The number of aromatic hydroxyl groups is 1. The molecule has 1 aromatic heterocycles. The normalized spacial score (nSPS) is 10.8. The minimum absolute atomic E-state index is 0.209. The standard InChI is InChI=1S/C17H14O4/c1-10-7-17(19)21-16-9-15(20-2)14(8-13(10)16)11-3-5-12(18)6-4-11/h3-9,18H,1-2H3. The molecule has 4 nitrogen and oxygen atoms in total. The fourth-order valence-corrected chi connectivity index (χ4v) is 2.38. The van der Waals surface area contributed by atoms with Crippen molar-refractivity contribution < 1.29 is 14.3 Å². The van der Waals surface area contributed by atoms with Crippen molar-refractivity contribution in [2.24, 2.45) is 0 Å². The summed E-state index contributed by atoms with van der Waals surface area (Å²) in [5.41, 5.74) is 2.77. The molecular weight excluding hydrogens is 268 g/mol. The van der Waals surface area contributed by atoms with Crippen LogP contribution in [-0.4, -0.2) is 12.2 Å². The van der Waals surface area contributed by atoms with E-state index in [1.807, 2.05) is 25.1 Å². The highest BCUT2D eigenvalue weighted by molar-refractivity contribution is 5.89. The molecule has 0 aliphatic rings. The Kier molecular flexibility index (Phi) is 3.14. The molecule has 0 aliphatic heterocycles. The molecule has 2 aromatic carbocycles. The van der Waals surface area contributed by atoms with Gasteiger partial charge in [-0.1, -0.05) is 12.1 Å². The minimum Gasteiger partial charge on any atom is -0.508 e. The Morgan fingerprint density at radius 2 is 1.81 bits per heavy atom. The van der Waals surface area contributed by atoms with Crippen molar-refractivity contribution in [3.63, 3.8) is 0 Å². The maximum Gasteiger partial charge on any atom is 0.336 e. The van der Waals surface area contributed by atoms with Crippen molar-refractivity contribution in [2.75, 3.05) is 7.11 Å². The molecule has 1 heterocycles. The molecule has 4 heteroatoms. The van der Waals surface area contributed by atoms with Crippen LogP contribution in [0, 0.1) is 6.92 Å². The van der Waals surface area contributed by atoms with Gasteiger partial charge in [-0.3, -0.25) is 0 Å². The molecule has 0 bridgehead atoms. The van der Waals surface area contributed by atoms with E-state index in [-0.39, 0.29) is 11.4 Å². The highest BCUT2D eigenvalue weighted by Crippen LogP contribution is 2.35. The van der Waals surface area contributed by atoms with Crippen LogP contribution in [0.2, 0.25) is 0 Å². The summed E-state index contributed by atoms with van der Waals surface area (Å²) in [6, 6.07) is 12.0. The van der Waals surface area contributed by atoms with Crippen LogP contribution in [0.15, 0.2) is 51.7 Å². The van der Waals surface area contributed by atoms with Crippen molar-refractivity contribution in [3.8, 4) is 22.6 Å². The van der Waals surface area contributed by atoms with Gasteiger partial charge in [-0.05, 0) is 36.2 Å². The van der Waals surface area contributed by atoms with Gasteiger partial charge in [0.1, 0.15) is 17.1 Å². The van der Waals surface area contributed by atoms with E-state index in [0.29, 0.717) is 11.3 Å². The first-order valence-electron chi connectivity index (χ1n) is 6.50. The summed E-state index contributed by atoms with van der Waals surface area (Å²) in [6.07, 6.45) is 0. The highest BCUT2D eigenvalue weighted by Gasteiger charge is 2.11. The zero-order chi connectivity index (χ0) is 15.0. The van der Waals surface area contributed by atoms with Crippen LogP contribution in [0.3, 0.4) is 0 Å². The molecular formula is C17H14O4. The predicted octanol–water partition coefficient (Wildman–Crippen LogP) is 3.48. The van der Waals surface area contributed by atoms with Gasteiger partial charge in [0.05, 0.1) is 7.11 Å². The number of hydrogen-bond donors (Lipinski definition) is 1. The Labute approximate surface area is 121 Å². The fraction of sp³-hybridized carbons (Fsp3) is 0.118. The predicted molar refractivity (Wildman–Crippen MR) is 80.9 cm³/mol. The SMILES string of the molecule is COc1cc2oc(=O)cc(C)c2cc1-c1ccc(O)cc1. The molecule has 0 amide bonds. The summed E-state index contributed by atoms with van der Waals surface area (Å²) in [7, 11) is 1.57. The Balaban J connectivity index is 2.31. The molecule has 21 heavy (non-hydrogen) atoms. The van der Waals surface area contributed by atoms with Crippen LogP contribution in [0.4, 0.5) is 0 Å². The van der Waals surface area contributed by atoms with E-state index in [9.17, 15) is 9.90 Å². The maximum absolute atomic E-state index is 11.5. The average Bonchev–Trinajstić information content (AvgIpc) is 2.47. The quantitative estimate of drug-likeness (QED) is 0.731. The monoisotopic (exact) mass is 282 g/mol. The lowest BCUT2D eigenvalue weighted by Crippen LogP contribution is -1.99. The molecule has 3 rings (SSSR count). The molecule has 0 unspecified atom stereocenters. The van der Waals surface area contributed by atoms with Crippen molar-refractivity contribution in [2.45, 2.75) is 6.92 Å². The second-order valence-corrected chi connectivity index (χ2v) is 4.84. The van der Waals surface area contributed by atoms with E-state index in [1.54, 1.807) is 25.3 Å². The van der Waals surface area contributed by atoms with E-state index in [1.165, 1.54) is 6.07 Å². The number of methoxy groups -OCH3 is 1. The molecule has 0 saturated heterocycles. The first kappa shape index (κ1) is 13.2. The Bertz CT molecular complexity index is 860. The third-order valence-electron chi connectivity index (χ3n) is 3.45. The fourth-order valence-electron chi connectivity index (χ4n) is 2.38. The lowest BCUT2D eigenvalue weighted by molar-refractivity contribution is 0.415. The van der Waals surface area contributed by atoms with Gasteiger partial charge in [0.2, 0.25) is 0 Å². The number of ether oxygens (including phenoxy) is 1. The van der Waals surface area contributed by atoms with E-state index in [4.69, 9.17) is 9.15 Å². The van der Waals surface area contributed by atoms with Gasteiger partial charge < -0.3 is 14.3 Å². The van der Waals surface area contributed by atoms with E-state index < -0.39 is 0 Å². The van der Waals surface area contributed by atoms with Crippen molar-refractivity contribution in [1.82, 2.24) is 0 Å². The Morgan fingerprint density at radius 1 is 1.10 bits per heavy atom. The maximum atomic E-state index is 11.5. The summed E-state index contributed by atoms with van der Waals surface area (Å²) in [5.74, 6) is 0.822. The van der Waals surface area contributed by atoms with E-state index in [0.717, 1.165) is 22.1 Å². The topological polar surface area (TPSA) is 59.7 Å². The highest BCUT2D eigenvalue weighted by atomic mass is 16.5. The molecule has 1 N–H and O–H groups in total. The molecule has 0 radical (unpaired) electrons. The molecule has 106 valence electrons. The summed E-state index contributed by atoms with van der Waals surface area (Å²) < 4.78 is 10.6. The smallest absolute Gasteiger partial charge is 0.336 e. The first-order chi connectivity index (χ1) is 10.1.